The van der Waals surface area contributed by atoms with Gasteiger partial charge in [0.15, 0.2) is 6.61 Å². The van der Waals surface area contributed by atoms with E-state index in [1.54, 1.807) is 0 Å². The molecule has 1 amide bonds. The summed E-state index contributed by atoms with van der Waals surface area (Å²) in [4.78, 5) is 11.9. The van der Waals surface area contributed by atoms with Gasteiger partial charge in [0.25, 0.3) is 5.91 Å². The molecule has 0 aliphatic carbocycles. The second-order valence-electron chi connectivity index (χ2n) is 6.37. The Morgan fingerprint density at radius 1 is 1.32 bits per heavy atom. The van der Waals surface area contributed by atoms with Crippen LogP contribution in [0.5, 0.6) is 5.75 Å². The highest BCUT2D eigenvalue weighted by molar-refractivity contribution is 5.77. The molecule has 122 valence electrons. The third kappa shape index (κ3) is 5.02. The Balaban J connectivity index is 1.71. The summed E-state index contributed by atoms with van der Waals surface area (Å²) in [5.74, 6) is 1.48. The van der Waals surface area contributed by atoms with Crippen LogP contribution in [0.4, 0.5) is 0 Å². The number of benzene rings is 1. The fourth-order valence-corrected chi connectivity index (χ4v) is 3.17. The lowest BCUT2D eigenvalue weighted by atomic mass is 9.96. The molecular formula is C18H28N2O2. The summed E-state index contributed by atoms with van der Waals surface area (Å²) in [5.41, 5.74) is 3.38. The van der Waals surface area contributed by atoms with Gasteiger partial charge in [-0.2, -0.15) is 0 Å². The van der Waals surface area contributed by atoms with Gasteiger partial charge in [0.05, 0.1) is 0 Å². The zero-order chi connectivity index (χ0) is 15.9. The first-order chi connectivity index (χ1) is 10.6. The molecule has 2 rings (SSSR count). The number of rotatable bonds is 6. The van der Waals surface area contributed by atoms with Crippen molar-refractivity contribution in [3.05, 3.63) is 28.8 Å². The van der Waals surface area contributed by atoms with Crippen LogP contribution >= 0.6 is 0 Å². The molecule has 1 saturated heterocycles. The summed E-state index contributed by atoms with van der Waals surface area (Å²) in [6.07, 6.45) is 3.55. The highest BCUT2D eigenvalue weighted by atomic mass is 16.5. The predicted octanol–water partition coefficient (Wildman–Crippen LogP) is 2.50. The van der Waals surface area contributed by atoms with Crippen LogP contribution in [-0.2, 0) is 4.79 Å². The minimum Gasteiger partial charge on any atom is -0.483 e. The van der Waals surface area contributed by atoms with Gasteiger partial charge in [0, 0.05) is 6.54 Å². The van der Waals surface area contributed by atoms with Crippen molar-refractivity contribution in [2.45, 2.75) is 40.0 Å². The molecule has 4 heteroatoms. The first-order valence-corrected chi connectivity index (χ1v) is 8.24. The molecule has 1 unspecified atom stereocenters. The molecule has 0 aromatic heterocycles. The fraction of sp³-hybridized carbons (Fsp3) is 0.611. The number of hydrogen-bond donors (Lipinski definition) is 2. The van der Waals surface area contributed by atoms with Crippen LogP contribution in [0, 0.1) is 26.7 Å². The van der Waals surface area contributed by atoms with Gasteiger partial charge in [0.1, 0.15) is 5.75 Å². The number of ether oxygens (including phenoxy) is 1. The van der Waals surface area contributed by atoms with Crippen LogP contribution in [0.15, 0.2) is 12.1 Å². The van der Waals surface area contributed by atoms with Crippen molar-refractivity contribution in [3.63, 3.8) is 0 Å². The molecule has 2 N–H and O–H groups in total. The van der Waals surface area contributed by atoms with E-state index in [2.05, 4.69) is 29.7 Å². The third-order valence-corrected chi connectivity index (χ3v) is 4.23. The van der Waals surface area contributed by atoms with Gasteiger partial charge in [0.2, 0.25) is 0 Å². The van der Waals surface area contributed by atoms with Gasteiger partial charge >= 0.3 is 0 Å². The second kappa shape index (κ2) is 8.18. The number of aryl methyl sites for hydroxylation is 3. The maximum absolute atomic E-state index is 11.9. The van der Waals surface area contributed by atoms with Crippen molar-refractivity contribution in [1.29, 1.82) is 0 Å². The summed E-state index contributed by atoms with van der Waals surface area (Å²) in [6.45, 7) is 9.14. The lowest BCUT2D eigenvalue weighted by Crippen LogP contribution is -2.34. The van der Waals surface area contributed by atoms with Crippen LogP contribution < -0.4 is 15.4 Å². The molecule has 1 aromatic rings. The van der Waals surface area contributed by atoms with Crippen molar-refractivity contribution in [1.82, 2.24) is 10.6 Å². The van der Waals surface area contributed by atoms with Crippen LogP contribution in [0.25, 0.3) is 0 Å². The first-order valence-electron chi connectivity index (χ1n) is 8.24. The van der Waals surface area contributed by atoms with Gasteiger partial charge < -0.3 is 15.4 Å². The molecule has 1 aliphatic rings. The summed E-state index contributed by atoms with van der Waals surface area (Å²) in [5, 5.41) is 6.36. The van der Waals surface area contributed by atoms with Crippen molar-refractivity contribution in [2.75, 3.05) is 26.2 Å². The van der Waals surface area contributed by atoms with E-state index in [-0.39, 0.29) is 12.5 Å². The van der Waals surface area contributed by atoms with Gasteiger partial charge in [-0.25, -0.2) is 0 Å². The topological polar surface area (TPSA) is 50.4 Å². The van der Waals surface area contributed by atoms with E-state index in [1.807, 2.05) is 13.8 Å². The maximum atomic E-state index is 11.9. The lowest BCUT2D eigenvalue weighted by Gasteiger charge is -2.22. The van der Waals surface area contributed by atoms with E-state index in [4.69, 9.17) is 4.74 Å². The van der Waals surface area contributed by atoms with Gasteiger partial charge in [-0.3, -0.25) is 4.79 Å². The predicted molar refractivity (Wildman–Crippen MR) is 89.4 cm³/mol. The molecule has 1 fully saturated rings. The SMILES string of the molecule is Cc1cc(C)c(OCC(=O)NCCC2CCCNC2)c(C)c1. The molecule has 0 radical (unpaired) electrons. The van der Waals surface area contributed by atoms with Crippen molar-refractivity contribution in [2.24, 2.45) is 5.92 Å². The van der Waals surface area contributed by atoms with E-state index in [1.165, 1.54) is 18.4 Å². The molecule has 0 bridgehead atoms. The van der Waals surface area contributed by atoms with E-state index in [0.29, 0.717) is 5.92 Å². The highest BCUT2D eigenvalue weighted by Gasteiger charge is 2.13. The first kappa shape index (κ1) is 16.8. The fourth-order valence-electron chi connectivity index (χ4n) is 3.17. The van der Waals surface area contributed by atoms with Crippen molar-refractivity contribution < 1.29 is 9.53 Å². The quantitative estimate of drug-likeness (QED) is 0.849. The number of piperidine rings is 1. The summed E-state index contributed by atoms with van der Waals surface area (Å²) in [6, 6.07) is 4.16. The standard InChI is InChI=1S/C18H28N2O2/c1-13-9-14(2)18(15(3)10-13)22-12-17(21)20-8-6-16-5-4-7-19-11-16/h9-10,16,19H,4-8,11-12H2,1-3H3,(H,20,21). The number of amides is 1. The van der Waals surface area contributed by atoms with E-state index >= 15 is 0 Å². The number of nitrogens with one attached hydrogen (secondary N) is 2. The number of carbonyl (C=O) groups is 1. The molecule has 1 aliphatic heterocycles. The highest BCUT2D eigenvalue weighted by Crippen LogP contribution is 2.24. The average molecular weight is 304 g/mol. The monoisotopic (exact) mass is 304 g/mol. The van der Waals surface area contributed by atoms with Crippen LogP contribution in [0.2, 0.25) is 0 Å². The normalized spacial score (nSPS) is 18.0. The zero-order valence-corrected chi connectivity index (χ0v) is 14.0. The Labute approximate surface area is 133 Å². The van der Waals surface area contributed by atoms with E-state index in [0.717, 1.165) is 42.9 Å². The Bertz CT molecular complexity index is 485. The van der Waals surface area contributed by atoms with Crippen LogP contribution in [0.1, 0.15) is 36.0 Å². The van der Waals surface area contributed by atoms with Crippen LogP contribution in [0.3, 0.4) is 0 Å². The smallest absolute Gasteiger partial charge is 0.257 e. The average Bonchev–Trinajstić information content (AvgIpc) is 2.47. The number of carbonyl (C=O) groups excluding carboxylic acids is 1. The van der Waals surface area contributed by atoms with Crippen molar-refractivity contribution in [3.8, 4) is 5.75 Å². The molecule has 4 nitrogen and oxygen atoms in total. The van der Waals surface area contributed by atoms with E-state index < -0.39 is 0 Å². The molecule has 22 heavy (non-hydrogen) atoms. The number of hydrogen-bond acceptors (Lipinski definition) is 3. The van der Waals surface area contributed by atoms with Gasteiger partial charge in [-0.1, -0.05) is 17.7 Å². The Morgan fingerprint density at radius 3 is 2.68 bits per heavy atom. The summed E-state index contributed by atoms with van der Waals surface area (Å²) < 4.78 is 5.70. The molecule has 1 aromatic carbocycles. The molecular weight excluding hydrogens is 276 g/mol. The Hall–Kier alpha value is -1.55. The molecule has 0 spiro atoms. The Morgan fingerprint density at radius 2 is 2.05 bits per heavy atom. The summed E-state index contributed by atoms with van der Waals surface area (Å²) >= 11 is 0. The molecule has 1 atom stereocenters. The largest absolute Gasteiger partial charge is 0.483 e. The van der Waals surface area contributed by atoms with Gasteiger partial charge in [-0.05, 0) is 70.2 Å². The van der Waals surface area contributed by atoms with E-state index in [9.17, 15) is 4.79 Å². The summed E-state index contributed by atoms with van der Waals surface area (Å²) in [7, 11) is 0. The molecule has 1 heterocycles. The van der Waals surface area contributed by atoms with Gasteiger partial charge in [-0.15, -0.1) is 0 Å². The second-order valence-corrected chi connectivity index (χ2v) is 6.37. The third-order valence-electron chi connectivity index (χ3n) is 4.23. The van der Waals surface area contributed by atoms with Crippen molar-refractivity contribution >= 4 is 5.91 Å². The lowest BCUT2D eigenvalue weighted by molar-refractivity contribution is -0.123. The minimum absolute atomic E-state index is 0.0388. The zero-order valence-electron chi connectivity index (χ0n) is 14.0. The molecule has 0 saturated carbocycles. The maximum Gasteiger partial charge on any atom is 0.257 e. The minimum atomic E-state index is -0.0388. The van der Waals surface area contributed by atoms with Crippen LogP contribution in [-0.4, -0.2) is 32.1 Å². The Kier molecular flexibility index (Phi) is 6.25.